The first-order chi connectivity index (χ1) is 12.0. The van der Waals surface area contributed by atoms with Crippen LogP contribution >= 0.6 is 22.7 Å². The van der Waals surface area contributed by atoms with E-state index in [4.69, 9.17) is 0 Å². The van der Waals surface area contributed by atoms with Crippen LogP contribution in [0.3, 0.4) is 0 Å². The number of aliphatic hydroxyl groups is 1. The average molecular weight is 374 g/mol. The first-order valence-corrected chi connectivity index (χ1v) is 9.60. The molecular formula is C18H19N3O2S2. The SMILES string of the molecule is Cc1nc(C)c(C(=O)N[C@@H](Cc2ccccc2)[C@H](O)c2nccs2)s1. The number of carbonyl (C=O) groups excluding carboxylic acids is 1. The Balaban J connectivity index is 1.83. The summed E-state index contributed by atoms with van der Waals surface area (Å²) in [6.45, 7) is 3.70. The van der Waals surface area contributed by atoms with Crippen molar-refractivity contribution in [1.82, 2.24) is 15.3 Å². The van der Waals surface area contributed by atoms with Gasteiger partial charge in [-0.25, -0.2) is 9.97 Å². The zero-order valence-corrected chi connectivity index (χ0v) is 15.6. The summed E-state index contributed by atoms with van der Waals surface area (Å²) in [4.78, 5) is 21.8. The molecule has 0 bridgehead atoms. The monoisotopic (exact) mass is 373 g/mol. The second kappa shape index (κ2) is 7.86. The summed E-state index contributed by atoms with van der Waals surface area (Å²) in [5, 5.41) is 17.0. The number of hydrogen-bond acceptors (Lipinski definition) is 6. The smallest absolute Gasteiger partial charge is 0.263 e. The molecule has 1 aromatic carbocycles. The summed E-state index contributed by atoms with van der Waals surface area (Å²) in [6.07, 6.45) is 1.31. The van der Waals surface area contributed by atoms with Gasteiger partial charge in [-0.15, -0.1) is 22.7 Å². The number of thiazole rings is 2. The van der Waals surface area contributed by atoms with E-state index in [1.807, 2.05) is 49.6 Å². The van der Waals surface area contributed by atoms with Crippen molar-refractivity contribution < 1.29 is 9.90 Å². The highest BCUT2D eigenvalue weighted by molar-refractivity contribution is 7.13. The second-order valence-electron chi connectivity index (χ2n) is 5.73. The van der Waals surface area contributed by atoms with E-state index >= 15 is 0 Å². The molecule has 0 spiro atoms. The summed E-state index contributed by atoms with van der Waals surface area (Å²) in [5.41, 5.74) is 1.75. The van der Waals surface area contributed by atoms with Gasteiger partial charge < -0.3 is 10.4 Å². The Labute approximate surface area is 154 Å². The molecule has 2 aromatic heterocycles. The van der Waals surface area contributed by atoms with Gasteiger partial charge in [-0.1, -0.05) is 30.3 Å². The van der Waals surface area contributed by atoms with Crippen molar-refractivity contribution in [3.05, 3.63) is 68.1 Å². The normalized spacial score (nSPS) is 13.4. The van der Waals surface area contributed by atoms with Crippen molar-refractivity contribution in [2.75, 3.05) is 0 Å². The average Bonchev–Trinajstić information content (AvgIpc) is 3.24. The van der Waals surface area contributed by atoms with Crippen LogP contribution in [0.25, 0.3) is 0 Å². The van der Waals surface area contributed by atoms with Gasteiger partial charge in [0.15, 0.2) is 0 Å². The van der Waals surface area contributed by atoms with E-state index in [1.165, 1.54) is 22.7 Å². The molecule has 130 valence electrons. The van der Waals surface area contributed by atoms with Gasteiger partial charge in [0.05, 0.1) is 16.7 Å². The molecule has 0 saturated carbocycles. The standard InChI is InChI=1S/C18H19N3O2S2/c1-11-16(25-12(2)20-11)17(23)21-14(10-13-6-4-3-5-7-13)15(22)18-19-8-9-24-18/h3-9,14-15,22H,10H2,1-2H3,(H,21,23)/t14-,15-/m0/s1. The van der Waals surface area contributed by atoms with Crippen LogP contribution in [0.5, 0.6) is 0 Å². The topological polar surface area (TPSA) is 75.1 Å². The highest BCUT2D eigenvalue weighted by atomic mass is 32.1. The third-order valence-electron chi connectivity index (χ3n) is 3.81. The van der Waals surface area contributed by atoms with Crippen molar-refractivity contribution in [3.63, 3.8) is 0 Å². The van der Waals surface area contributed by atoms with Gasteiger partial charge in [-0.3, -0.25) is 4.79 Å². The van der Waals surface area contributed by atoms with Crippen LogP contribution in [-0.2, 0) is 6.42 Å². The van der Waals surface area contributed by atoms with E-state index in [2.05, 4.69) is 15.3 Å². The number of aliphatic hydroxyl groups excluding tert-OH is 1. The van der Waals surface area contributed by atoms with Gasteiger partial charge in [-0.05, 0) is 25.8 Å². The van der Waals surface area contributed by atoms with Crippen molar-refractivity contribution in [2.45, 2.75) is 32.4 Å². The Hall–Kier alpha value is -2.09. The van der Waals surface area contributed by atoms with Crippen LogP contribution in [0.4, 0.5) is 0 Å². The summed E-state index contributed by atoms with van der Waals surface area (Å²) in [5.74, 6) is -0.209. The highest BCUT2D eigenvalue weighted by Crippen LogP contribution is 2.23. The van der Waals surface area contributed by atoms with Gasteiger partial charge in [0, 0.05) is 11.6 Å². The molecule has 3 aromatic rings. The molecular weight excluding hydrogens is 354 g/mol. The zero-order valence-electron chi connectivity index (χ0n) is 14.0. The minimum atomic E-state index is -0.863. The molecule has 5 nitrogen and oxygen atoms in total. The number of carbonyl (C=O) groups is 1. The van der Waals surface area contributed by atoms with E-state index in [0.29, 0.717) is 22.0 Å². The van der Waals surface area contributed by atoms with E-state index in [-0.39, 0.29) is 5.91 Å². The van der Waals surface area contributed by atoms with Crippen LogP contribution in [0.1, 0.15) is 37.0 Å². The lowest BCUT2D eigenvalue weighted by molar-refractivity contribution is 0.0835. The van der Waals surface area contributed by atoms with Crippen LogP contribution in [0.15, 0.2) is 41.9 Å². The Bertz CT molecular complexity index is 831. The van der Waals surface area contributed by atoms with E-state index in [0.717, 1.165) is 10.6 Å². The Morgan fingerprint density at radius 3 is 2.64 bits per heavy atom. The van der Waals surface area contributed by atoms with Crippen molar-refractivity contribution in [1.29, 1.82) is 0 Å². The molecule has 0 aliphatic rings. The Morgan fingerprint density at radius 1 is 1.28 bits per heavy atom. The fraction of sp³-hybridized carbons (Fsp3) is 0.278. The molecule has 0 aliphatic heterocycles. The molecule has 0 saturated heterocycles. The Kier molecular flexibility index (Phi) is 5.57. The molecule has 0 radical (unpaired) electrons. The minimum absolute atomic E-state index is 0.209. The molecule has 1 amide bonds. The largest absolute Gasteiger partial charge is 0.384 e. The summed E-state index contributed by atoms with van der Waals surface area (Å²) >= 11 is 2.74. The molecule has 0 aliphatic carbocycles. The number of nitrogens with one attached hydrogen (secondary N) is 1. The third-order valence-corrected chi connectivity index (χ3v) is 5.73. The van der Waals surface area contributed by atoms with Gasteiger partial charge in [0.1, 0.15) is 16.0 Å². The maximum atomic E-state index is 12.7. The third kappa shape index (κ3) is 4.31. The molecule has 2 N–H and O–H groups in total. The fourth-order valence-corrected chi connectivity index (χ4v) is 4.15. The maximum absolute atomic E-state index is 12.7. The minimum Gasteiger partial charge on any atom is -0.384 e. The van der Waals surface area contributed by atoms with E-state index in [9.17, 15) is 9.90 Å². The number of aryl methyl sites for hydroxylation is 2. The van der Waals surface area contributed by atoms with Gasteiger partial charge in [-0.2, -0.15) is 0 Å². The predicted molar refractivity (Wildman–Crippen MR) is 100 cm³/mol. The number of aromatic nitrogens is 2. The van der Waals surface area contributed by atoms with Crippen LogP contribution in [-0.4, -0.2) is 27.0 Å². The zero-order chi connectivity index (χ0) is 17.8. The molecule has 25 heavy (non-hydrogen) atoms. The number of amides is 1. The summed E-state index contributed by atoms with van der Waals surface area (Å²) in [7, 11) is 0. The van der Waals surface area contributed by atoms with Crippen molar-refractivity contribution >= 4 is 28.6 Å². The van der Waals surface area contributed by atoms with Gasteiger partial charge in [0.2, 0.25) is 0 Å². The molecule has 2 atom stereocenters. The first kappa shape index (κ1) is 17.7. The summed E-state index contributed by atoms with van der Waals surface area (Å²) < 4.78 is 0. The quantitative estimate of drug-likeness (QED) is 0.695. The number of rotatable bonds is 6. The first-order valence-electron chi connectivity index (χ1n) is 7.91. The molecule has 0 unspecified atom stereocenters. The van der Waals surface area contributed by atoms with E-state index < -0.39 is 12.1 Å². The highest BCUT2D eigenvalue weighted by Gasteiger charge is 2.27. The van der Waals surface area contributed by atoms with Crippen LogP contribution in [0.2, 0.25) is 0 Å². The molecule has 7 heteroatoms. The van der Waals surface area contributed by atoms with Crippen molar-refractivity contribution in [2.24, 2.45) is 0 Å². The Morgan fingerprint density at radius 2 is 2.04 bits per heavy atom. The molecule has 3 rings (SSSR count). The maximum Gasteiger partial charge on any atom is 0.263 e. The molecule has 0 fully saturated rings. The molecule has 2 heterocycles. The van der Waals surface area contributed by atoms with Crippen LogP contribution in [0, 0.1) is 13.8 Å². The summed E-state index contributed by atoms with van der Waals surface area (Å²) in [6, 6.07) is 9.33. The predicted octanol–water partition coefficient (Wildman–Crippen LogP) is 3.29. The van der Waals surface area contributed by atoms with Gasteiger partial charge >= 0.3 is 0 Å². The van der Waals surface area contributed by atoms with E-state index in [1.54, 1.807) is 6.20 Å². The second-order valence-corrected chi connectivity index (χ2v) is 7.86. The lowest BCUT2D eigenvalue weighted by Gasteiger charge is -2.23. The van der Waals surface area contributed by atoms with Crippen molar-refractivity contribution in [3.8, 4) is 0 Å². The lowest BCUT2D eigenvalue weighted by Crippen LogP contribution is -2.41. The lowest BCUT2D eigenvalue weighted by atomic mass is 10.0. The number of nitrogens with zero attached hydrogens (tertiary/aromatic N) is 2. The van der Waals surface area contributed by atoms with Crippen LogP contribution < -0.4 is 5.32 Å². The number of benzene rings is 1. The fourth-order valence-electron chi connectivity index (χ4n) is 2.64. The number of hydrogen-bond donors (Lipinski definition) is 2. The van der Waals surface area contributed by atoms with Gasteiger partial charge in [0.25, 0.3) is 5.91 Å².